The molecule has 1 aliphatic rings. The number of anilines is 1. The van der Waals surface area contributed by atoms with Crippen LogP contribution in [0.2, 0.25) is 0 Å². The first-order valence-electron chi connectivity index (χ1n) is 7.30. The van der Waals surface area contributed by atoms with Crippen LogP contribution in [0.3, 0.4) is 0 Å². The van der Waals surface area contributed by atoms with Crippen LogP contribution in [-0.4, -0.2) is 5.11 Å². The summed E-state index contributed by atoms with van der Waals surface area (Å²) in [5.41, 5.74) is 4.74. The minimum Gasteiger partial charge on any atom is -0.508 e. The second kappa shape index (κ2) is 5.20. The van der Waals surface area contributed by atoms with Gasteiger partial charge in [-0.1, -0.05) is 37.3 Å². The number of hydrogen-bond acceptors (Lipinski definition) is 2. The fraction of sp³-hybridized carbons (Fsp3) is 0.333. The van der Waals surface area contributed by atoms with Crippen molar-refractivity contribution in [1.29, 1.82) is 0 Å². The van der Waals surface area contributed by atoms with Gasteiger partial charge in [-0.25, -0.2) is 0 Å². The Hall–Kier alpha value is -1.96. The van der Waals surface area contributed by atoms with Crippen LogP contribution in [0.4, 0.5) is 5.69 Å². The highest BCUT2D eigenvalue weighted by molar-refractivity contribution is 5.53. The number of phenolic OH excluding ortho intramolecular Hbond substituents is 1. The van der Waals surface area contributed by atoms with Gasteiger partial charge >= 0.3 is 0 Å². The van der Waals surface area contributed by atoms with Crippen LogP contribution in [0.1, 0.15) is 48.4 Å². The van der Waals surface area contributed by atoms with Crippen LogP contribution in [-0.2, 0) is 0 Å². The SMILES string of the molecule is Cc1ccc(NC2CCC(C)c3ccccc32)cc1O. The molecule has 0 radical (unpaired) electrons. The van der Waals surface area contributed by atoms with E-state index in [1.165, 1.54) is 17.5 Å². The summed E-state index contributed by atoms with van der Waals surface area (Å²) in [5.74, 6) is 0.989. The zero-order chi connectivity index (χ0) is 14.1. The first-order chi connectivity index (χ1) is 9.65. The molecule has 0 fully saturated rings. The molecule has 0 bridgehead atoms. The molecule has 0 saturated carbocycles. The van der Waals surface area contributed by atoms with E-state index >= 15 is 0 Å². The highest BCUT2D eigenvalue weighted by Crippen LogP contribution is 2.39. The van der Waals surface area contributed by atoms with Gasteiger partial charge in [-0.2, -0.15) is 0 Å². The molecule has 2 aromatic carbocycles. The van der Waals surface area contributed by atoms with Crippen molar-refractivity contribution < 1.29 is 5.11 Å². The van der Waals surface area contributed by atoms with Crippen LogP contribution >= 0.6 is 0 Å². The molecular formula is C18H21NO. The fourth-order valence-electron chi connectivity index (χ4n) is 3.05. The number of aryl methyl sites for hydroxylation is 1. The van der Waals surface area contributed by atoms with Gasteiger partial charge in [0, 0.05) is 11.8 Å². The Kier molecular flexibility index (Phi) is 3.39. The summed E-state index contributed by atoms with van der Waals surface area (Å²) < 4.78 is 0. The maximum absolute atomic E-state index is 9.83. The van der Waals surface area contributed by atoms with E-state index in [0.29, 0.717) is 17.7 Å². The Morgan fingerprint density at radius 3 is 2.55 bits per heavy atom. The first kappa shape index (κ1) is 13.0. The van der Waals surface area contributed by atoms with Crippen molar-refractivity contribution in [2.24, 2.45) is 0 Å². The smallest absolute Gasteiger partial charge is 0.120 e. The van der Waals surface area contributed by atoms with Gasteiger partial charge in [0.05, 0.1) is 6.04 Å². The Bertz CT molecular complexity index is 621. The Labute approximate surface area is 120 Å². The largest absolute Gasteiger partial charge is 0.508 e. The molecule has 2 atom stereocenters. The quantitative estimate of drug-likeness (QED) is 0.823. The summed E-state index contributed by atoms with van der Waals surface area (Å²) in [7, 11) is 0. The highest BCUT2D eigenvalue weighted by atomic mass is 16.3. The Morgan fingerprint density at radius 1 is 1.05 bits per heavy atom. The molecule has 2 aromatic rings. The fourth-order valence-corrected chi connectivity index (χ4v) is 3.05. The summed E-state index contributed by atoms with van der Waals surface area (Å²) in [6.07, 6.45) is 2.33. The average Bonchev–Trinajstić information content (AvgIpc) is 2.46. The van der Waals surface area contributed by atoms with E-state index in [0.717, 1.165) is 17.7 Å². The van der Waals surface area contributed by atoms with Gasteiger partial charge in [-0.3, -0.25) is 0 Å². The first-order valence-corrected chi connectivity index (χ1v) is 7.30. The third-order valence-corrected chi connectivity index (χ3v) is 4.34. The monoisotopic (exact) mass is 267 g/mol. The predicted molar refractivity (Wildman–Crippen MR) is 83.3 cm³/mol. The lowest BCUT2D eigenvalue weighted by Gasteiger charge is -2.31. The molecule has 3 rings (SSSR count). The Balaban J connectivity index is 1.88. The van der Waals surface area contributed by atoms with Crippen molar-refractivity contribution in [3.05, 3.63) is 59.2 Å². The number of hydrogen-bond donors (Lipinski definition) is 2. The molecule has 104 valence electrons. The minimum atomic E-state index is 0.338. The van der Waals surface area contributed by atoms with Gasteiger partial charge in [0.1, 0.15) is 5.75 Å². The number of aromatic hydroxyl groups is 1. The van der Waals surface area contributed by atoms with Crippen LogP contribution in [0.5, 0.6) is 5.75 Å². The van der Waals surface area contributed by atoms with E-state index in [1.54, 1.807) is 0 Å². The lowest BCUT2D eigenvalue weighted by molar-refractivity contribution is 0.471. The highest BCUT2D eigenvalue weighted by Gasteiger charge is 2.24. The lowest BCUT2D eigenvalue weighted by atomic mass is 9.81. The summed E-state index contributed by atoms with van der Waals surface area (Å²) in [5, 5.41) is 13.4. The predicted octanol–water partition coefficient (Wildman–Crippen LogP) is 4.75. The number of benzene rings is 2. The molecule has 2 nitrogen and oxygen atoms in total. The van der Waals surface area contributed by atoms with E-state index < -0.39 is 0 Å². The zero-order valence-electron chi connectivity index (χ0n) is 12.1. The van der Waals surface area contributed by atoms with Crippen molar-refractivity contribution >= 4 is 5.69 Å². The normalized spacial score (nSPS) is 21.3. The molecule has 2 heteroatoms. The molecule has 0 saturated heterocycles. The van der Waals surface area contributed by atoms with Gasteiger partial charge < -0.3 is 10.4 Å². The van der Waals surface area contributed by atoms with Crippen molar-refractivity contribution in [2.75, 3.05) is 5.32 Å². The summed E-state index contributed by atoms with van der Waals surface area (Å²) >= 11 is 0. The second-order valence-corrected chi connectivity index (χ2v) is 5.81. The van der Waals surface area contributed by atoms with E-state index in [4.69, 9.17) is 0 Å². The third-order valence-electron chi connectivity index (χ3n) is 4.34. The maximum atomic E-state index is 9.83. The number of rotatable bonds is 2. The summed E-state index contributed by atoms with van der Waals surface area (Å²) in [6.45, 7) is 4.21. The van der Waals surface area contributed by atoms with Crippen molar-refractivity contribution in [3.8, 4) is 5.75 Å². The topological polar surface area (TPSA) is 32.3 Å². The molecule has 0 spiro atoms. The molecule has 20 heavy (non-hydrogen) atoms. The third kappa shape index (κ3) is 2.38. The van der Waals surface area contributed by atoms with E-state index in [1.807, 2.05) is 25.1 Å². The van der Waals surface area contributed by atoms with Gasteiger partial charge in [0.2, 0.25) is 0 Å². The van der Waals surface area contributed by atoms with Crippen LogP contribution < -0.4 is 5.32 Å². The van der Waals surface area contributed by atoms with Gasteiger partial charge in [0.15, 0.2) is 0 Å². The molecule has 2 unspecified atom stereocenters. The minimum absolute atomic E-state index is 0.338. The maximum Gasteiger partial charge on any atom is 0.120 e. The summed E-state index contributed by atoms with van der Waals surface area (Å²) in [4.78, 5) is 0. The number of nitrogens with one attached hydrogen (secondary N) is 1. The van der Waals surface area contributed by atoms with E-state index in [-0.39, 0.29) is 0 Å². The average molecular weight is 267 g/mol. The zero-order valence-corrected chi connectivity index (χ0v) is 12.1. The summed E-state index contributed by atoms with van der Waals surface area (Å²) in [6, 6.07) is 14.8. The molecule has 0 heterocycles. The Morgan fingerprint density at radius 2 is 1.80 bits per heavy atom. The van der Waals surface area contributed by atoms with Crippen molar-refractivity contribution in [1.82, 2.24) is 0 Å². The molecule has 0 aromatic heterocycles. The molecule has 0 amide bonds. The van der Waals surface area contributed by atoms with Gasteiger partial charge in [0.25, 0.3) is 0 Å². The lowest BCUT2D eigenvalue weighted by Crippen LogP contribution is -2.19. The standard InChI is InChI=1S/C18H21NO/c1-12-8-10-17(16-6-4-3-5-15(12)16)19-14-9-7-13(2)18(20)11-14/h3-7,9,11-12,17,19-20H,8,10H2,1-2H3. The molecular weight excluding hydrogens is 246 g/mol. The molecule has 2 N–H and O–H groups in total. The van der Waals surface area contributed by atoms with Crippen molar-refractivity contribution in [3.63, 3.8) is 0 Å². The number of fused-ring (bicyclic) bond motifs is 1. The number of phenols is 1. The van der Waals surface area contributed by atoms with Crippen molar-refractivity contribution in [2.45, 2.75) is 38.6 Å². The molecule has 0 aliphatic heterocycles. The van der Waals surface area contributed by atoms with Crippen LogP contribution in [0, 0.1) is 6.92 Å². The van der Waals surface area contributed by atoms with Gasteiger partial charge in [-0.05, 0) is 48.4 Å². The van der Waals surface area contributed by atoms with Crippen LogP contribution in [0.15, 0.2) is 42.5 Å². The van der Waals surface area contributed by atoms with E-state index in [2.05, 4.69) is 36.5 Å². The second-order valence-electron chi connectivity index (χ2n) is 5.81. The van der Waals surface area contributed by atoms with Gasteiger partial charge in [-0.15, -0.1) is 0 Å². The van der Waals surface area contributed by atoms with E-state index in [9.17, 15) is 5.11 Å². The molecule has 1 aliphatic carbocycles. The van der Waals surface area contributed by atoms with Crippen LogP contribution in [0.25, 0.3) is 0 Å².